The van der Waals surface area contributed by atoms with Crippen LogP contribution in [0.3, 0.4) is 0 Å². The molecular formula is C25H28BrN7O. The quantitative estimate of drug-likeness (QED) is 0.515. The van der Waals surface area contributed by atoms with E-state index < -0.39 is 0 Å². The van der Waals surface area contributed by atoms with Gasteiger partial charge >= 0.3 is 0 Å². The minimum atomic E-state index is 0.0743. The first kappa shape index (κ1) is 22.6. The number of hydrogen-bond acceptors (Lipinski definition) is 7. The molecule has 1 fully saturated rings. The van der Waals surface area contributed by atoms with Crippen LogP contribution in [0.1, 0.15) is 12.5 Å². The predicted octanol–water partition coefficient (Wildman–Crippen LogP) is 4.39. The molecule has 34 heavy (non-hydrogen) atoms. The highest BCUT2D eigenvalue weighted by atomic mass is 79.9. The van der Waals surface area contributed by atoms with Crippen molar-refractivity contribution in [3.05, 3.63) is 58.7 Å². The molecule has 2 aliphatic heterocycles. The second-order valence-corrected chi connectivity index (χ2v) is 9.60. The van der Waals surface area contributed by atoms with E-state index in [9.17, 15) is 4.79 Å². The molecule has 0 bridgehead atoms. The van der Waals surface area contributed by atoms with Crippen LogP contribution in [0.15, 0.2) is 53.1 Å². The summed E-state index contributed by atoms with van der Waals surface area (Å²) in [5, 5.41) is 6.68. The molecule has 5 rings (SSSR count). The zero-order valence-electron chi connectivity index (χ0n) is 19.4. The number of piperazine rings is 1. The Bertz CT molecular complexity index is 1190. The van der Waals surface area contributed by atoms with Crippen molar-refractivity contribution in [3.8, 4) is 0 Å². The number of rotatable bonds is 5. The average Bonchev–Trinajstić information content (AvgIpc) is 3.26. The van der Waals surface area contributed by atoms with Crippen molar-refractivity contribution in [2.45, 2.75) is 13.3 Å². The SMILES string of the molecule is CC(=O)N1CCc2cc(Nc3nc(Nc4ccc(N5CCN(C)CC5)cc4)ncc3Br)ccc21. The van der Waals surface area contributed by atoms with E-state index in [1.165, 1.54) is 5.69 Å². The van der Waals surface area contributed by atoms with Crippen LogP contribution < -0.4 is 20.4 Å². The number of hydrogen-bond donors (Lipinski definition) is 2. The number of fused-ring (bicyclic) bond motifs is 1. The van der Waals surface area contributed by atoms with E-state index in [2.05, 4.69) is 83.7 Å². The topological polar surface area (TPSA) is 76.6 Å². The van der Waals surface area contributed by atoms with E-state index in [4.69, 9.17) is 0 Å². The van der Waals surface area contributed by atoms with Gasteiger partial charge < -0.3 is 25.3 Å². The third-order valence-electron chi connectivity index (χ3n) is 6.35. The van der Waals surface area contributed by atoms with E-state index in [0.717, 1.165) is 66.2 Å². The van der Waals surface area contributed by atoms with Gasteiger partial charge in [0.2, 0.25) is 11.9 Å². The summed E-state index contributed by atoms with van der Waals surface area (Å²) in [7, 11) is 2.16. The number of amides is 1. The molecule has 2 aromatic carbocycles. The van der Waals surface area contributed by atoms with Crippen LogP contribution in [-0.4, -0.2) is 60.5 Å². The number of benzene rings is 2. The summed E-state index contributed by atoms with van der Waals surface area (Å²) in [6.07, 6.45) is 2.59. The number of carbonyl (C=O) groups excluding carboxylic acids is 1. The largest absolute Gasteiger partial charge is 0.369 e. The maximum atomic E-state index is 11.8. The molecule has 0 radical (unpaired) electrons. The number of nitrogens with zero attached hydrogens (tertiary/aromatic N) is 5. The first-order valence-electron chi connectivity index (χ1n) is 11.5. The van der Waals surface area contributed by atoms with Gasteiger partial charge in [-0.1, -0.05) is 0 Å². The standard InChI is InChI=1S/C25H28BrN7O/c1-17(34)33-10-9-18-15-20(5-8-23(18)33)28-24-22(26)16-27-25(30-24)29-19-3-6-21(7-4-19)32-13-11-31(2)12-14-32/h3-8,15-16H,9-14H2,1-2H3,(H2,27,28,29,30). The molecular weight excluding hydrogens is 494 g/mol. The second kappa shape index (κ2) is 9.60. The van der Waals surface area contributed by atoms with Gasteiger partial charge in [-0.3, -0.25) is 4.79 Å². The van der Waals surface area contributed by atoms with Gasteiger partial charge in [0.15, 0.2) is 0 Å². The number of likely N-dealkylation sites (N-methyl/N-ethyl adjacent to an activating group) is 1. The summed E-state index contributed by atoms with van der Waals surface area (Å²) in [5.41, 5.74) is 5.24. The van der Waals surface area contributed by atoms with E-state index in [-0.39, 0.29) is 5.91 Å². The van der Waals surface area contributed by atoms with Crippen molar-refractivity contribution < 1.29 is 4.79 Å². The van der Waals surface area contributed by atoms with Gasteiger partial charge in [-0.25, -0.2) is 4.98 Å². The lowest BCUT2D eigenvalue weighted by Gasteiger charge is -2.34. The number of halogens is 1. The lowest BCUT2D eigenvalue weighted by atomic mass is 10.1. The Kier molecular flexibility index (Phi) is 6.38. The summed E-state index contributed by atoms with van der Waals surface area (Å²) in [6.45, 7) is 6.59. The summed E-state index contributed by atoms with van der Waals surface area (Å²) < 4.78 is 0.773. The molecule has 0 aliphatic carbocycles. The van der Waals surface area contributed by atoms with Crippen molar-refractivity contribution in [3.63, 3.8) is 0 Å². The Hall–Kier alpha value is -3.17. The number of aromatic nitrogens is 2. The van der Waals surface area contributed by atoms with Gasteiger partial charge in [-0.2, -0.15) is 4.98 Å². The number of nitrogens with one attached hydrogen (secondary N) is 2. The van der Waals surface area contributed by atoms with E-state index >= 15 is 0 Å². The van der Waals surface area contributed by atoms with Crippen LogP contribution in [0.2, 0.25) is 0 Å². The van der Waals surface area contributed by atoms with Crippen molar-refractivity contribution in [1.29, 1.82) is 0 Å². The van der Waals surface area contributed by atoms with E-state index in [1.807, 2.05) is 17.0 Å². The maximum Gasteiger partial charge on any atom is 0.229 e. The predicted molar refractivity (Wildman–Crippen MR) is 141 cm³/mol. The highest BCUT2D eigenvalue weighted by Gasteiger charge is 2.22. The molecule has 9 heteroatoms. The number of anilines is 6. The third kappa shape index (κ3) is 4.85. The van der Waals surface area contributed by atoms with Crippen LogP contribution in [-0.2, 0) is 11.2 Å². The Balaban J connectivity index is 1.28. The minimum absolute atomic E-state index is 0.0743. The molecule has 2 aliphatic rings. The lowest BCUT2D eigenvalue weighted by molar-refractivity contribution is -0.116. The van der Waals surface area contributed by atoms with Crippen molar-refractivity contribution in [2.75, 3.05) is 60.2 Å². The smallest absolute Gasteiger partial charge is 0.229 e. The van der Waals surface area contributed by atoms with Crippen LogP contribution in [0.25, 0.3) is 0 Å². The first-order valence-corrected chi connectivity index (χ1v) is 12.3. The molecule has 8 nitrogen and oxygen atoms in total. The molecule has 2 N–H and O–H groups in total. The van der Waals surface area contributed by atoms with Gasteiger partial charge in [-0.15, -0.1) is 0 Å². The van der Waals surface area contributed by atoms with Crippen LogP contribution in [0, 0.1) is 0 Å². The van der Waals surface area contributed by atoms with E-state index in [0.29, 0.717) is 11.8 Å². The molecule has 1 aromatic heterocycles. The molecule has 3 heterocycles. The highest BCUT2D eigenvalue weighted by Crippen LogP contribution is 2.33. The summed E-state index contributed by atoms with van der Waals surface area (Å²) in [4.78, 5) is 27.5. The number of carbonyl (C=O) groups is 1. The fraction of sp³-hybridized carbons (Fsp3) is 0.320. The fourth-order valence-corrected chi connectivity index (χ4v) is 4.70. The molecule has 0 spiro atoms. The lowest BCUT2D eigenvalue weighted by Crippen LogP contribution is -2.44. The highest BCUT2D eigenvalue weighted by molar-refractivity contribution is 9.10. The Labute approximate surface area is 208 Å². The van der Waals surface area contributed by atoms with Crippen molar-refractivity contribution in [1.82, 2.24) is 14.9 Å². The summed E-state index contributed by atoms with van der Waals surface area (Å²) in [6, 6.07) is 14.4. The van der Waals surface area contributed by atoms with E-state index in [1.54, 1.807) is 13.1 Å². The van der Waals surface area contributed by atoms with Crippen LogP contribution >= 0.6 is 15.9 Å². The van der Waals surface area contributed by atoms with Gasteiger partial charge in [-0.05, 0) is 77.4 Å². The minimum Gasteiger partial charge on any atom is -0.369 e. The summed E-state index contributed by atoms with van der Waals surface area (Å²) in [5.74, 6) is 1.26. The molecule has 0 atom stereocenters. The molecule has 1 saturated heterocycles. The van der Waals surface area contributed by atoms with Crippen LogP contribution in [0.4, 0.5) is 34.5 Å². The third-order valence-corrected chi connectivity index (χ3v) is 6.93. The normalized spacial score (nSPS) is 15.9. The maximum absolute atomic E-state index is 11.8. The fourth-order valence-electron chi connectivity index (χ4n) is 4.41. The first-order chi connectivity index (χ1) is 16.5. The zero-order chi connectivity index (χ0) is 23.7. The monoisotopic (exact) mass is 521 g/mol. The molecule has 176 valence electrons. The molecule has 0 unspecified atom stereocenters. The van der Waals surface area contributed by atoms with Crippen LogP contribution in [0.5, 0.6) is 0 Å². The Morgan fingerprint density at radius 3 is 2.44 bits per heavy atom. The summed E-state index contributed by atoms with van der Waals surface area (Å²) >= 11 is 3.55. The molecule has 0 saturated carbocycles. The average molecular weight is 522 g/mol. The zero-order valence-corrected chi connectivity index (χ0v) is 21.0. The van der Waals surface area contributed by atoms with Gasteiger partial charge in [0, 0.05) is 68.6 Å². The molecule has 3 aromatic rings. The Morgan fingerprint density at radius 2 is 1.71 bits per heavy atom. The van der Waals surface area contributed by atoms with Gasteiger partial charge in [0.05, 0.1) is 4.47 Å². The Morgan fingerprint density at radius 1 is 0.971 bits per heavy atom. The van der Waals surface area contributed by atoms with Gasteiger partial charge in [0.25, 0.3) is 0 Å². The molecule has 1 amide bonds. The van der Waals surface area contributed by atoms with Crippen molar-refractivity contribution in [2.24, 2.45) is 0 Å². The second-order valence-electron chi connectivity index (χ2n) is 8.74. The van der Waals surface area contributed by atoms with Crippen molar-refractivity contribution >= 4 is 56.4 Å². The van der Waals surface area contributed by atoms with Gasteiger partial charge in [0.1, 0.15) is 5.82 Å².